The molecule has 0 aliphatic rings. The maximum absolute atomic E-state index is 3.77. The first-order chi connectivity index (χ1) is 23.2. The van der Waals surface area contributed by atoms with Gasteiger partial charge in [-0.1, -0.05) is 226 Å². The van der Waals surface area contributed by atoms with Crippen molar-refractivity contribution >= 4 is 0 Å². The molecule has 0 amide bonds. The highest BCUT2D eigenvalue weighted by Crippen LogP contribution is 2.27. The van der Waals surface area contributed by atoms with E-state index >= 15 is 0 Å². The summed E-state index contributed by atoms with van der Waals surface area (Å²) >= 11 is 0. The van der Waals surface area contributed by atoms with Crippen molar-refractivity contribution in [1.82, 2.24) is 4.98 Å². The van der Waals surface area contributed by atoms with Gasteiger partial charge < -0.3 is 0 Å². The summed E-state index contributed by atoms with van der Waals surface area (Å²) in [5.74, 6) is 2.25. The molecule has 0 spiro atoms. The Balaban J connectivity index is 2.37. The second-order valence-electron chi connectivity index (χ2n) is 15.8. The Hall–Kier alpha value is -0.790. The first-order valence-electron chi connectivity index (χ1n) is 22.3. The van der Waals surface area contributed by atoms with Gasteiger partial charge in [-0.25, -0.2) is 9.55 Å². The van der Waals surface area contributed by atoms with Crippen molar-refractivity contribution < 1.29 is 4.57 Å². The predicted octanol–water partition coefficient (Wildman–Crippen LogP) is 16.1. The molecule has 2 unspecified atom stereocenters. The summed E-state index contributed by atoms with van der Waals surface area (Å²) in [6, 6.07) is 0.618. The molecular weight excluding hydrogens is 569 g/mol. The molecule has 1 aromatic heterocycles. The monoisotopic (exact) mass is 658 g/mol. The molecule has 1 aromatic rings. The molecule has 278 valence electrons. The lowest BCUT2D eigenvalue weighted by Gasteiger charge is -2.17. The van der Waals surface area contributed by atoms with Crippen LogP contribution in [0.2, 0.25) is 0 Å². The van der Waals surface area contributed by atoms with Gasteiger partial charge >= 0.3 is 0 Å². The average molecular weight is 658 g/mol. The van der Waals surface area contributed by atoms with E-state index in [4.69, 9.17) is 0 Å². The second kappa shape index (κ2) is 35.1. The largest absolute Gasteiger partial charge is 0.257 e. The van der Waals surface area contributed by atoms with E-state index in [9.17, 15) is 0 Å². The maximum Gasteiger partial charge on any atom is 0.257 e. The first kappa shape index (κ1) is 44.2. The fourth-order valence-electron chi connectivity index (χ4n) is 7.84. The van der Waals surface area contributed by atoms with E-state index in [1.54, 1.807) is 5.82 Å². The van der Waals surface area contributed by atoms with E-state index in [-0.39, 0.29) is 0 Å². The number of hydrogen-bond donors (Lipinski definition) is 1. The zero-order chi connectivity index (χ0) is 33.9. The molecule has 0 aliphatic heterocycles. The maximum atomic E-state index is 3.77. The number of hydrogen-bond acceptors (Lipinski definition) is 0. The number of rotatable bonds is 38. The van der Waals surface area contributed by atoms with Crippen molar-refractivity contribution in [2.75, 3.05) is 0 Å². The molecule has 2 nitrogen and oxygen atoms in total. The van der Waals surface area contributed by atoms with E-state index in [0.29, 0.717) is 12.0 Å². The molecule has 1 rings (SSSR count). The van der Waals surface area contributed by atoms with E-state index in [1.807, 2.05) is 0 Å². The number of unbranched alkanes of at least 4 members (excludes halogenated alkanes) is 30. The van der Waals surface area contributed by atoms with Crippen LogP contribution >= 0.6 is 0 Å². The summed E-state index contributed by atoms with van der Waals surface area (Å²) in [6.07, 6.45) is 56.1. The fourth-order valence-corrected chi connectivity index (χ4v) is 7.84. The van der Waals surface area contributed by atoms with Gasteiger partial charge in [0.05, 0.1) is 12.0 Å². The lowest BCUT2D eigenvalue weighted by Crippen LogP contribution is -2.41. The van der Waals surface area contributed by atoms with Crippen LogP contribution in [0.3, 0.4) is 0 Å². The summed E-state index contributed by atoms with van der Waals surface area (Å²) < 4.78 is 2.65. The molecule has 2 atom stereocenters. The second-order valence-corrected chi connectivity index (χ2v) is 15.8. The van der Waals surface area contributed by atoms with E-state index in [0.717, 1.165) is 0 Å². The van der Waals surface area contributed by atoms with E-state index < -0.39 is 0 Å². The standard InChI is InChI=1S/C45H88N2/c1-5-8-11-14-17-20-22-23-24-25-26-28-31-34-37-40-44(39-36-33-30-27-21-18-15-12-9-6-2)45-46-41-42-47(45)43(4)38-35-32-29-19-16-13-10-7-3/h41-44H,5-40H2,1-4H3/p+1. The molecule has 0 aromatic carbocycles. The van der Waals surface area contributed by atoms with Crippen LogP contribution in [0, 0.1) is 0 Å². The number of nitrogens with one attached hydrogen (secondary N) is 1. The summed E-state index contributed by atoms with van der Waals surface area (Å²) in [7, 11) is 0. The highest BCUT2D eigenvalue weighted by molar-refractivity contribution is 4.90. The van der Waals surface area contributed by atoms with Crippen molar-refractivity contribution in [3.8, 4) is 0 Å². The van der Waals surface area contributed by atoms with Crippen LogP contribution in [0.25, 0.3) is 0 Å². The highest BCUT2D eigenvalue weighted by Gasteiger charge is 2.25. The molecule has 2 heteroatoms. The smallest absolute Gasteiger partial charge is 0.247 e. The topological polar surface area (TPSA) is 19.7 Å². The number of imidazole rings is 1. The molecule has 0 aliphatic carbocycles. The highest BCUT2D eigenvalue weighted by atomic mass is 15.1. The Kier molecular flexibility index (Phi) is 33.0. The quantitative estimate of drug-likeness (QED) is 0.0539. The first-order valence-corrected chi connectivity index (χ1v) is 22.3. The zero-order valence-electron chi connectivity index (χ0n) is 33.2. The van der Waals surface area contributed by atoms with Crippen molar-refractivity contribution in [1.29, 1.82) is 0 Å². The summed E-state index contributed by atoms with van der Waals surface area (Å²) in [5, 5.41) is 0. The zero-order valence-corrected chi connectivity index (χ0v) is 33.2. The molecule has 47 heavy (non-hydrogen) atoms. The predicted molar refractivity (Wildman–Crippen MR) is 212 cm³/mol. The Morgan fingerprint density at radius 1 is 0.404 bits per heavy atom. The van der Waals surface area contributed by atoms with Crippen molar-refractivity contribution in [2.45, 2.75) is 271 Å². The van der Waals surface area contributed by atoms with Crippen molar-refractivity contribution in [2.24, 2.45) is 0 Å². The molecule has 0 radical (unpaired) electrons. The van der Waals surface area contributed by atoms with Gasteiger partial charge in [0.25, 0.3) is 5.82 Å². The average Bonchev–Trinajstić information content (AvgIpc) is 3.57. The van der Waals surface area contributed by atoms with Gasteiger partial charge in [0, 0.05) is 0 Å². The minimum atomic E-state index is 0.618. The van der Waals surface area contributed by atoms with Gasteiger partial charge in [-0.05, 0) is 32.6 Å². The molecule has 0 saturated carbocycles. The molecule has 0 bridgehead atoms. The van der Waals surface area contributed by atoms with E-state index in [1.165, 1.54) is 231 Å². The van der Waals surface area contributed by atoms with Crippen LogP contribution in [0.15, 0.2) is 12.4 Å². The minimum absolute atomic E-state index is 0.618. The third kappa shape index (κ3) is 26.7. The van der Waals surface area contributed by atoms with Crippen molar-refractivity contribution in [3.63, 3.8) is 0 Å². The van der Waals surface area contributed by atoms with Crippen LogP contribution in [0.5, 0.6) is 0 Å². The Morgan fingerprint density at radius 2 is 0.681 bits per heavy atom. The van der Waals surface area contributed by atoms with E-state index in [2.05, 4.69) is 49.6 Å². The number of aromatic nitrogens is 2. The lowest BCUT2D eigenvalue weighted by atomic mass is 9.92. The Morgan fingerprint density at radius 3 is 1.00 bits per heavy atom. The summed E-state index contributed by atoms with van der Waals surface area (Å²) in [4.78, 5) is 3.77. The molecule has 1 heterocycles. The van der Waals surface area contributed by atoms with Gasteiger partial charge in [-0.15, -0.1) is 0 Å². The third-order valence-electron chi connectivity index (χ3n) is 11.1. The van der Waals surface area contributed by atoms with Gasteiger partial charge in [0.2, 0.25) is 0 Å². The minimum Gasteiger partial charge on any atom is -0.247 e. The van der Waals surface area contributed by atoms with Crippen LogP contribution in [0.1, 0.15) is 277 Å². The Labute approximate surface area is 297 Å². The number of nitrogens with zero attached hydrogens (tertiary/aromatic N) is 1. The summed E-state index contributed by atoms with van der Waals surface area (Å²) in [5.41, 5.74) is 0. The van der Waals surface area contributed by atoms with Gasteiger partial charge in [-0.3, -0.25) is 0 Å². The lowest BCUT2D eigenvalue weighted by molar-refractivity contribution is -0.727. The molecule has 0 fully saturated rings. The van der Waals surface area contributed by atoms with Crippen LogP contribution < -0.4 is 4.57 Å². The number of aromatic amines is 1. The van der Waals surface area contributed by atoms with Crippen LogP contribution in [-0.4, -0.2) is 4.98 Å². The molecular formula is C45H89N2+. The van der Waals surface area contributed by atoms with Crippen LogP contribution in [0.4, 0.5) is 0 Å². The SMILES string of the molecule is CCCCCCCCCCCCCCCCCC(CCCCCCCCCCCC)c1[nH]cc[n+]1C(C)CCCCCCCCCC. The third-order valence-corrected chi connectivity index (χ3v) is 11.1. The van der Waals surface area contributed by atoms with Gasteiger partial charge in [-0.2, -0.15) is 0 Å². The Bertz CT molecular complexity index is 723. The van der Waals surface area contributed by atoms with Crippen molar-refractivity contribution in [3.05, 3.63) is 18.2 Å². The van der Waals surface area contributed by atoms with Gasteiger partial charge in [0.1, 0.15) is 12.4 Å². The summed E-state index contributed by atoms with van der Waals surface area (Å²) in [6.45, 7) is 9.43. The molecule has 0 saturated heterocycles. The van der Waals surface area contributed by atoms with Gasteiger partial charge in [0.15, 0.2) is 0 Å². The van der Waals surface area contributed by atoms with Crippen LogP contribution in [-0.2, 0) is 0 Å². The fraction of sp³-hybridized carbons (Fsp3) is 0.933. The number of H-pyrrole nitrogens is 1. The normalized spacial score (nSPS) is 13.0. The molecule has 1 N–H and O–H groups in total.